The van der Waals surface area contributed by atoms with Crippen molar-refractivity contribution in [2.75, 3.05) is 0 Å². The number of hydrogen-bond acceptors (Lipinski definition) is 5. The van der Waals surface area contributed by atoms with Gasteiger partial charge in [-0.25, -0.2) is 0 Å². The Morgan fingerprint density at radius 3 is 2.47 bits per heavy atom. The number of benzene rings is 1. The molecule has 1 aromatic heterocycles. The molecule has 2 aromatic rings. The fraction of sp³-hybridized carbons (Fsp3) is 0.111. The molecule has 0 N–H and O–H groups in total. The monoisotopic (exact) mass is 306 g/mol. The van der Waals surface area contributed by atoms with Crippen LogP contribution in [0.5, 0.6) is 0 Å². The van der Waals surface area contributed by atoms with Gasteiger partial charge >= 0.3 is 0 Å². The molecule has 0 atom stereocenters. The molecule has 1 aromatic carbocycles. The van der Waals surface area contributed by atoms with Crippen LogP contribution in [0.15, 0.2) is 33.6 Å². The second-order valence-electron chi connectivity index (χ2n) is 3.22. The van der Waals surface area contributed by atoms with E-state index >= 15 is 0 Å². The van der Waals surface area contributed by atoms with E-state index in [1.807, 2.05) is 6.92 Å². The van der Waals surface area contributed by atoms with Gasteiger partial charge in [-0.05, 0) is 29.4 Å². The molecule has 0 fully saturated rings. The predicted octanol–water partition coefficient (Wildman–Crippen LogP) is 2.46. The topological polar surface area (TPSA) is 59.4 Å². The summed E-state index contributed by atoms with van der Waals surface area (Å²) in [7, 11) is -1.47. The highest BCUT2D eigenvalue weighted by molar-refractivity contribution is 7.90. The molecule has 8 heteroatoms. The molecule has 1 heterocycles. The average molecular weight is 307 g/mol. The number of aryl methyl sites for hydroxylation is 1. The van der Waals surface area contributed by atoms with Crippen molar-refractivity contribution in [1.82, 2.24) is 4.37 Å². The minimum absolute atomic E-state index is 0.121. The molecule has 0 saturated heterocycles. The van der Waals surface area contributed by atoms with Crippen LogP contribution in [0.25, 0.3) is 0 Å². The second kappa shape index (κ2) is 4.85. The highest BCUT2D eigenvalue weighted by atomic mass is 35.5. The third-order valence-electron chi connectivity index (χ3n) is 1.93. The molecule has 2 rings (SSSR count). The molecule has 0 amide bonds. The van der Waals surface area contributed by atoms with Gasteiger partial charge in [-0.15, -0.1) is 4.40 Å². The van der Waals surface area contributed by atoms with Crippen LogP contribution in [0.4, 0.5) is 0 Å². The minimum Gasteiger partial charge on any atom is -0.199 e. The van der Waals surface area contributed by atoms with E-state index in [9.17, 15) is 8.42 Å². The van der Waals surface area contributed by atoms with Gasteiger partial charge in [-0.3, -0.25) is 0 Å². The van der Waals surface area contributed by atoms with E-state index in [-0.39, 0.29) is 14.7 Å². The van der Waals surface area contributed by atoms with E-state index in [1.54, 1.807) is 12.1 Å². The van der Waals surface area contributed by atoms with Crippen LogP contribution >= 0.6 is 32.5 Å². The van der Waals surface area contributed by atoms with Crippen molar-refractivity contribution in [2.45, 2.75) is 11.8 Å². The standard InChI is InChI=1S/C9H7ClN2O2S3/c1-6-2-4-7(5-3-6)17(13,14)12-9-8(10)11-16-15-9/h2-5H,1H3/b12-9+. The van der Waals surface area contributed by atoms with Crippen molar-refractivity contribution < 1.29 is 8.42 Å². The van der Waals surface area contributed by atoms with Gasteiger partial charge in [0.25, 0.3) is 10.0 Å². The lowest BCUT2D eigenvalue weighted by Crippen LogP contribution is -2.04. The summed E-state index contributed by atoms with van der Waals surface area (Å²) in [6, 6.07) is 6.48. The molecular weight excluding hydrogens is 300 g/mol. The van der Waals surface area contributed by atoms with Crippen LogP contribution in [0.2, 0.25) is 5.15 Å². The fourth-order valence-corrected chi connectivity index (χ4v) is 4.45. The third kappa shape index (κ3) is 2.92. The first kappa shape index (κ1) is 12.7. The molecule has 0 saturated carbocycles. The summed E-state index contributed by atoms with van der Waals surface area (Å²) >= 11 is 5.71. The zero-order chi connectivity index (χ0) is 12.5. The number of nitrogens with zero attached hydrogens (tertiary/aromatic N) is 2. The first-order chi connectivity index (χ1) is 7.99. The van der Waals surface area contributed by atoms with Gasteiger partial charge < -0.3 is 0 Å². The highest BCUT2D eigenvalue weighted by Gasteiger charge is 2.13. The lowest BCUT2D eigenvalue weighted by Gasteiger charge is -1.97. The fourth-order valence-electron chi connectivity index (χ4n) is 1.09. The Bertz CT molecular complexity index is 686. The van der Waals surface area contributed by atoms with Crippen molar-refractivity contribution in [2.24, 2.45) is 4.40 Å². The molecule has 4 nitrogen and oxygen atoms in total. The van der Waals surface area contributed by atoms with Gasteiger partial charge in [0.05, 0.1) is 4.90 Å². The molecule has 0 unspecified atom stereocenters. The second-order valence-corrected chi connectivity index (χ2v) is 7.02. The Kier molecular flexibility index (Phi) is 3.62. The zero-order valence-corrected chi connectivity index (χ0v) is 11.8. The van der Waals surface area contributed by atoms with Gasteiger partial charge in [0.1, 0.15) is 0 Å². The lowest BCUT2D eigenvalue weighted by molar-refractivity contribution is 0.597. The molecule has 17 heavy (non-hydrogen) atoms. The first-order valence-corrected chi connectivity index (χ1v) is 8.41. The Balaban J connectivity index is 2.52. The predicted molar refractivity (Wildman–Crippen MR) is 68.9 cm³/mol. The maximum Gasteiger partial charge on any atom is 0.283 e. The van der Waals surface area contributed by atoms with Gasteiger partial charge in [-0.2, -0.15) is 12.8 Å². The van der Waals surface area contributed by atoms with Gasteiger partial charge in [0, 0.05) is 10.5 Å². The number of hydrogen-bond donors (Lipinski definition) is 0. The number of aromatic nitrogens is 1. The molecule has 0 spiro atoms. The van der Waals surface area contributed by atoms with E-state index in [1.165, 1.54) is 12.1 Å². The summed E-state index contributed by atoms with van der Waals surface area (Å²) in [4.78, 5) is 0.151. The van der Waals surface area contributed by atoms with Crippen LogP contribution < -0.4 is 4.67 Å². The van der Waals surface area contributed by atoms with Crippen LogP contribution in [0, 0.1) is 6.92 Å². The largest absolute Gasteiger partial charge is 0.283 e. The SMILES string of the molecule is Cc1ccc(S(=O)(=O)/N=c2/ssnc2Cl)cc1. The number of halogens is 1. The van der Waals surface area contributed by atoms with Gasteiger partial charge in [-0.1, -0.05) is 29.3 Å². The maximum atomic E-state index is 11.9. The maximum absolute atomic E-state index is 11.9. The van der Waals surface area contributed by atoms with E-state index in [2.05, 4.69) is 8.77 Å². The van der Waals surface area contributed by atoms with Gasteiger partial charge in [0.15, 0.2) is 9.82 Å². The van der Waals surface area contributed by atoms with Gasteiger partial charge in [0.2, 0.25) is 0 Å². The van der Waals surface area contributed by atoms with E-state index < -0.39 is 10.0 Å². The van der Waals surface area contributed by atoms with E-state index in [4.69, 9.17) is 11.6 Å². The lowest BCUT2D eigenvalue weighted by atomic mass is 10.2. The molecule has 0 bridgehead atoms. The summed E-state index contributed by atoms with van der Waals surface area (Å²) in [6.45, 7) is 1.88. The first-order valence-electron chi connectivity index (χ1n) is 4.48. The smallest absolute Gasteiger partial charge is 0.199 e. The molecule has 0 radical (unpaired) electrons. The number of rotatable bonds is 2. The third-order valence-corrected chi connectivity index (χ3v) is 5.51. The van der Waals surface area contributed by atoms with E-state index in [0.717, 1.165) is 26.4 Å². The van der Waals surface area contributed by atoms with Crippen molar-refractivity contribution in [1.29, 1.82) is 0 Å². The summed E-state index contributed by atoms with van der Waals surface area (Å²) in [5.41, 5.74) is 0.988. The summed E-state index contributed by atoms with van der Waals surface area (Å²) < 4.78 is 31.5. The van der Waals surface area contributed by atoms with Crippen molar-refractivity contribution in [3.05, 3.63) is 39.7 Å². The zero-order valence-electron chi connectivity index (χ0n) is 8.62. The Morgan fingerprint density at radius 2 is 1.94 bits per heavy atom. The van der Waals surface area contributed by atoms with Crippen LogP contribution in [-0.4, -0.2) is 12.8 Å². The molecule has 0 aliphatic heterocycles. The Hall–Kier alpha value is -0.760. The molecule has 0 aliphatic rings. The van der Waals surface area contributed by atoms with Crippen LogP contribution in [0.1, 0.15) is 5.56 Å². The highest BCUT2D eigenvalue weighted by Crippen LogP contribution is 2.14. The number of sulfonamides is 1. The van der Waals surface area contributed by atoms with Crippen LogP contribution in [-0.2, 0) is 10.0 Å². The van der Waals surface area contributed by atoms with E-state index in [0.29, 0.717) is 0 Å². The summed E-state index contributed by atoms with van der Waals surface area (Å²) in [5.74, 6) is 0. The van der Waals surface area contributed by atoms with Crippen molar-refractivity contribution >= 4 is 42.5 Å². The molecule has 90 valence electrons. The summed E-state index contributed by atoms with van der Waals surface area (Å²) in [5, 5.41) is 0.121. The average Bonchev–Trinajstić information content (AvgIpc) is 2.64. The summed E-state index contributed by atoms with van der Waals surface area (Å²) in [6.07, 6.45) is 0. The molecular formula is C9H7ClN2O2S3. The van der Waals surface area contributed by atoms with Crippen molar-refractivity contribution in [3.63, 3.8) is 0 Å². The quantitative estimate of drug-likeness (QED) is 0.801. The van der Waals surface area contributed by atoms with Crippen LogP contribution in [0.3, 0.4) is 0 Å². The Labute approximate surface area is 111 Å². The normalized spacial score (nSPS) is 12.9. The van der Waals surface area contributed by atoms with Crippen molar-refractivity contribution in [3.8, 4) is 0 Å². The minimum atomic E-state index is -3.70. The molecule has 0 aliphatic carbocycles. The Morgan fingerprint density at radius 1 is 1.29 bits per heavy atom.